The van der Waals surface area contributed by atoms with Crippen LogP contribution < -0.4 is 0 Å². The highest BCUT2D eigenvalue weighted by atomic mass is 16.5. The lowest BCUT2D eigenvalue weighted by Gasteiger charge is -2.34. The molecule has 1 rings (SSSR count). The number of ether oxygens (including phenoxy) is 1. The smallest absolute Gasteiger partial charge is 0.136 e. The Balaban J connectivity index is 2.32. The molecular formula is C13H24O2. The van der Waals surface area contributed by atoms with Gasteiger partial charge in [-0.15, -0.1) is 0 Å². The van der Waals surface area contributed by atoms with Crippen LogP contribution in [0.1, 0.15) is 59.3 Å². The summed E-state index contributed by atoms with van der Waals surface area (Å²) in [6.45, 7) is 7.08. The maximum atomic E-state index is 11.9. The summed E-state index contributed by atoms with van der Waals surface area (Å²) in [5, 5.41) is 0. The van der Waals surface area contributed by atoms with Crippen LogP contribution in [0.2, 0.25) is 0 Å². The molecule has 0 bridgehead atoms. The monoisotopic (exact) mass is 212 g/mol. The van der Waals surface area contributed by atoms with E-state index in [4.69, 9.17) is 4.74 Å². The van der Waals surface area contributed by atoms with Gasteiger partial charge in [0, 0.05) is 18.9 Å². The highest BCUT2D eigenvalue weighted by Gasteiger charge is 2.32. The lowest BCUT2D eigenvalue weighted by atomic mass is 9.84. The van der Waals surface area contributed by atoms with Gasteiger partial charge in [-0.25, -0.2) is 0 Å². The van der Waals surface area contributed by atoms with E-state index in [1.54, 1.807) is 0 Å². The van der Waals surface area contributed by atoms with E-state index in [2.05, 4.69) is 20.8 Å². The summed E-state index contributed by atoms with van der Waals surface area (Å²) in [6, 6.07) is 0. The van der Waals surface area contributed by atoms with Crippen molar-refractivity contribution in [2.24, 2.45) is 5.92 Å². The van der Waals surface area contributed by atoms with Crippen molar-refractivity contribution in [3.05, 3.63) is 0 Å². The fourth-order valence-corrected chi connectivity index (χ4v) is 2.26. The van der Waals surface area contributed by atoms with Gasteiger partial charge in [0.1, 0.15) is 5.78 Å². The van der Waals surface area contributed by atoms with Crippen molar-refractivity contribution in [3.8, 4) is 0 Å². The Kier molecular flexibility index (Phi) is 4.78. The van der Waals surface area contributed by atoms with Crippen LogP contribution in [0.4, 0.5) is 0 Å². The van der Waals surface area contributed by atoms with Crippen molar-refractivity contribution in [2.75, 3.05) is 6.61 Å². The Morgan fingerprint density at radius 1 is 1.40 bits per heavy atom. The Labute approximate surface area is 93.4 Å². The summed E-state index contributed by atoms with van der Waals surface area (Å²) in [5.74, 6) is 0.713. The molecular weight excluding hydrogens is 188 g/mol. The van der Waals surface area contributed by atoms with Gasteiger partial charge in [-0.3, -0.25) is 4.79 Å². The Bertz CT molecular complexity index is 209. The highest BCUT2D eigenvalue weighted by molar-refractivity contribution is 5.81. The molecule has 0 spiro atoms. The largest absolute Gasteiger partial charge is 0.376 e. The van der Waals surface area contributed by atoms with Gasteiger partial charge in [0.05, 0.1) is 5.60 Å². The van der Waals surface area contributed by atoms with E-state index in [0.717, 1.165) is 32.3 Å². The van der Waals surface area contributed by atoms with Crippen LogP contribution in [0.3, 0.4) is 0 Å². The first kappa shape index (κ1) is 12.7. The number of ketones is 1. The van der Waals surface area contributed by atoms with Gasteiger partial charge in [-0.2, -0.15) is 0 Å². The Morgan fingerprint density at radius 3 is 2.73 bits per heavy atom. The molecule has 1 saturated heterocycles. The average Bonchev–Trinajstić information content (AvgIpc) is 2.16. The zero-order valence-electron chi connectivity index (χ0n) is 10.3. The van der Waals surface area contributed by atoms with Crippen LogP contribution in [-0.2, 0) is 9.53 Å². The third-order valence-electron chi connectivity index (χ3n) is 3.18. The first-order chi connectivity index (χ1) is 7.05. The molecule has 2 heteroatoms. The SMILES string of the molecule is CCCCCC(=O)[C@H]1CCOC(C)(C)C1. The van der Waals surface area contributed by atoms with Crippen LogP contribution in [0.25, 0.3) is 0 Å². The normalized spacial score (nSPS) is 25.1. The molecule has 0 amide bonds. The predicted octanol–water partition coefficient (Wildman–Crippen LogP) is 3.34. The molecule has 15 heavy (non-hydrogen) atoms. The van der Waals surface area contributed by atoms with E-state index in [-0.39, 0.29) is 11.5 Å². The molecule has 0 aromatic carbocycles. The first-order valence-electron chi connectivity index (χ1n) is 6.22. The molecule has 1 aliphatic heterocycles. The van der Waals surface area contributed by atoms with Crippen molar-refractivity contribution < 1.29 is 9.53 Å². The van der Waals surface area contributed by atoms with Crippen LogP contribution >= 0.6 is 0 Å². The number of carbonyl (C=O) groups excluding carboxylic acids is 1. The fraction of sp³-hybridized carbons (Fsp3) is 0.923. The lowest BCUT2D eigenvalue weighted by molar-refractivity contribution is -0.133. The number of rotatable bonds is 5. The van der Waals surface area contributed by atoms with Crippen LogP contribution in [0.15, 0.2) is 0 Å². The molecule has 88 valence electrons. The lowest BCUT2D eigenvalue weighted by Crippen LogP contribution is -2.37. The van der Waals surface area contributed by atoms with E-state index < -0.39 is 0 Å². The average molecular weight is 212 g/mol. The van der Waals surface area contributed by atoms with E-state index in [9.17, 15) is 4.79 Å². The maximum absolute atomic E-state index is 11.9. The first-order valence-corrected chi connectivity index (χ1v) is 6.22. The van der Waals surface area contributed by atoms with Gasteiger partial charge in [0.15, 0.2) is 0 Å². The Morgan fingerprint density at radius 2 is 2.13 bits per heavy atom. The molecule has 0 N–H and O–H groups in total. The van der Waals surface area contributed by atoms with E-state index in [0.29, 0.717) is 5.78 Å². The molecule has 0 saturated carbocycles. The number of unbranched alkanes of at least 4 members (excludes halogenated alkanes) is 2. The maximum Gasteiger partial charge on any atom is 0.136 e. The van der Waals surface area contributed by atoms with E-state index >= 15 is 0 Å². The molecule has 1 atom stereocenters. The van der Waals surface area contributed by atoms with Crippen molar-refractivity contribution in [2.45, 2.75) is 64.9 Å². The topological polar surface area (TPSA) is 26.3 Å². The second-order valence-corrected chi connectivity index (χ2v) is 5.22. The molecule has 0 aliphatic carbocycles. The number of Topliss-reactive ketones (excluding diaryl/α,β-unsaturated/α-hetero) is 1. The molecule has 1 fully saturated rings. The van der Waals surface area contributed by atoms with Gasteiger partial charge in [-0.05, 0) is 33.1 Å². The molecule has 0 aromatic heterocycles. The minimum absolute atomic E-state index is 0.0939. The predicted molar refractivity (Wildman–Crippen MR) is 61.9 cm³/mol. The number of hydrogen-bond donors (Lipinski definition) is 0. The molecule has 0 aromatic rings. The van der Waals surface area contributed by atoms with Crippen molar-refractivity contribution in [3.63, 3.8) is 0 Å². The van der Waals surface area contributed by atoms with Crippen LogP contribution in [0.5, 0.6) is 0 Å². The summed E-state index contributed by atoms with van der Waals surface area (Å²) in [7, 11) is 0. The second kappa shape index (κ2) is 5.64. The van der Waals surface area contributed by atoms with Gasteiger partial charge in [0.2, 0.25) is 0 Å². The quantitative estimate of drug-likeness (QED) is 0.653. The van der Waals surface area contributed by atoms with Gasteiger partial charge < -0.3 is 4.74 Å². The summed E-state index contributed by atoms with van der Waals surface area (Å²) in [6.07, 6.45) is 6.03. The van der Waals surface area contributed by atoms with E-state index in [1.165, 1.54) is 12.8 Å². The number of carbonyl (C=O) groups is 1. The van der Waals surface area contributed by atoms with Crippen molar-refractivity contribution in [1.82, 2.24) is 0 Å². The Hall–Kier alpha value is -0.370. The van der Waals surface area contributed by atoms with Crippen LogP contribution in [0, 0.1) is 5.92 Å². The van der Waals surface area contributed by atoms with E-state index in [1.807, 2.05) is 0 Å². The third kappa shape index (κ3) is 4.33. The van der Waals surface area contributed by atoms with Gasteiger partial charge in [0.25, 0.3) is 0 Å². The van der Waals surface area contributed by atoms with Gasteiger partial charge >= 0.3 is 0 Å². The minimum Gasteiger partial charge on any atom is -0.376 e. The summed E-state index contributed by atoms with van der Waals surface area (Å²) < 4.78 is 5.62. The van der Waals surface area contributed by atoms with Crippen molar-refractivity contribution >= 4 is 5.78 Å². The van der Waals surface area contributed by atoms with Crippen molar-refractivity contribution in [1.29, 1.82) is 0 Å². The standard InChI is InChI=1S/C13H24O2/c1-4-5-6-7-12(14)11-8-9-15-13(2,3)10-11/h11H,4-10H2,1-3H3/t11-/m0/s1. The van der Waals surface area contributed by atoms with Gasteiger partial charge in [-0.1, -0.05) is 19.8 Å². The number of hydrogen-bond acceptors (Lipinski definition) is 2. The third-order valence-corrected chi connectivity index (χ3v) is 3.18. The molecule has 1 heterocycles. The molecule has 0 unspecified atom stereocenters. The summed E-state index contributed by atoms with van der Waals surface area (Å²) in [4.78, 5) is 11.9. The zero-order valence-corrected chi connectivity index (χ0v) is 10.3. The summed E-state index contributed by atoms with van der Waals surface area (Å²) in [5.41, 5.74) is -0.0939. The molecule has 2 nitrogen and oxygen atoms in total. The second-order valence-electron chi connectivity index (χ2n) is 5.22. The molecule has 0 radical (unpaired) electrons. The highest BCUT2D eigenvalue weighted by Crippen LogP contribution is 2.30. The zero-order chi connectivity index (χ0) is 11.3. The summed E-state index contributed by atoms with van der Waals surface area (Å²) >= 11 is 0. The minimum atomic E-state index is -0.0939. The molecule has 1 aliphatic rings. The fourth-order valence-electron chi connectivity index (χ4n) is 2.26. The van der Waals surface area contributed by atoms with Crippen LogP contribution in [-0.4, -0.2) is 18.0 Å².